The molecular weight excluding hydrogens is 236 g/mol. The van der Waals surface area contributed by atoms with E-state index < -0.39 is 0 Å². The molecule has 0 fully saturated rings. The molecule has 0 aromatic heterocycles. The van der Waals surface area contributed by atoms with Gasteiger partial charge in [0.15, 0.2) is 0 Å². The van der Waals surface area contributed by atoms with Crippen LogP contribution in [0.4, 0.5) is 0 Å². The van der Waals surface area contributed by atoms with Crippen molar-refractivity contribution in [3.63, 3.8) is 0 Å². The molecular formula is C17H20S. The molecule has 1 aromatic carbocycles. The maximum Gasteiger partial charge on any atom is 0.0182 e. The Hall–Kier alpha value is -1.21. The van der Waals surface area contributed by atoms with Crippen LogP contribution < -0.4 is 0 Å². The van der Waals surface area contributed by atoms with E-state index in [2.05, 4.69) is 50.8 Å². The van der Waals surface area contributed by atoms with Gasteiger partial charge in [0.25, 0.3) is 0 Å². The first-order valence-corrected chi connectivity index (χ1v) is 7.32. The molecule has 2 rings (SSSR count). The third-order valence-electron chi connectivity index (χ3n) is 3.31. The van der Waals surface area contributed by atoms with Crippen molar-refractivity contribution in [2.45, 2.75) is 38.0 Å². The molecule has 1 aromatic rings. The van der Waals surface area contributed by atoms with Crippen LogP contribution >= 0.6 is 11.8 Å². The van der Waals surface area contributed by atoms with Gasteiger partial charge in [-0.25, -0.2) is 0 Å². The summed E-state index contributed by atoms with van der Waals surface area (Å²) in [6, 6.07) is 8.76. The van der Waals surface area contributed by atoms with Gasteiger partial charge in [-0.3, -0.25) is 0 Å². The minimum absolute atomic E-state index is 1.16. The lowest BCUT2D eigenvalue weighted by molar-refractivity contribution is 0.792. The predicted molar refractivity (Wildman–Crippen MR) is 81.9 cm³/mol. The van der Waals surface area contributed by atoms with Crippen LogP contribution in [-0.4, -0.2) is 0 Å². The predicted octanol–water partition coefficient (Wildman–Crippen LogP) is 5.66. The molecule has 0 saturated carbocycles. The SMILES string of the molecule is C=CC1=C(Sc2ccc(C)cc2)/C(=C/C)CCC1. The lowest BCUT2D eigenvalue weighted by Gasteiger charge is -2.21. The van der Waals surface area contributed by atoms with Crippen LogP contribution in [-0.2, 0) is 0 Å². The molecule has 0 radical (unpaired) electrons. The standard InChI is InChI=1S/C17H20S/c1-4-14-7-6-8-15(5-2)17(14)18-16-11-9-13(3)10-12-16/h4-5,9-12H,1,6-8H2,2-3H3/b15-5+. The summed E-state index contributed by atoms with van der Waals surface area (Å²) in [5, 5.41) is 0. The van der Waals surface area contributed by atoms with E-state index in [9.17, 15) is 0 Å². The van der Waals surface area contributed by atoms with Crippen LogP contribution in [0.5, 0.6) is 0 Å². The van der Waals surface area contributed by atoms with Gasteiger partial charge in [0.1, 0.15) is 0 Å². The first kappa shape index (κ1) is 13.2. The molecule has 0 bridgehead atoms. The van der Waals surface area contributed by atoms with Crippen molar-refractivity contribution in [2.24, 2.45) is 0 Å². The fourth-order valence-corrected chi connectivity index (χ4v) is 3.40. The summed E-state index contributed by atoms with van der Waals surface area (Å²) >= 11 is 1.88. The Morgan fingerprint density at radius 2 is 1.89 bits per heavy atom. The summed E-state index contributed by atoms with van der Waals surface area (Å²) in [4.78, 5) is 2.74. The van der Waals surface area contributed by atoms with Crippen molar-refractivity contribution in [3.05, 3.63) is 64.6 Å². The fraction of sp³-hybridized carbons (Fsp3) is 0.294. The molecule has 0 nitrogen and oxygen atoms in total. The largest absolute Gasteiger partial charge is 0.0988 e. The molecule has 1 aliphatic rings. The van der Waals surface area contributed by atoms with E-state index in [0.29, 0.717) is 0 Å². The first-order valence-electron chi connectivity index (χ1n) is 6.50. The fourth-order valence-electron chi connectivity index (χ4n) is 2.23. The van der Waals surface area contributed by atoms with Gasteiger partial charge in [0.2, 0.25) is 0 Å². The molecule has 18 heavy (non-hydrogen) atoms. The summed E-state index contributed by atoms with van der Waals surface area (Å²) in [5.74, 6) is 0. The molecule has 0 spiro atoms. The molecule has 0 aliphatic heterocycles. The second kappa shape index (κ2) is 6.10. The average Bonchev–Trinajstić information content (AvgIpc) is 2.41. The van der Waals surface area contributed by atoms with Gasteiger partial charge >= 0.3 is 0 Å². The number of hydrogen-bond donors (Lipinski definition) is 0. The van der Waals surface area contributed by atoms with Gasteiger partial charge in [-0.05, 0) is 56.4 Å². The molecule has 0 saturated heterocycles. The van der Waals surface area contributed by atoms with Crippen LogP contribution in [0.15, 0.2) is 63.9 Å². The third-order valence-corrected chi connectivity index (χ3v) is 4.55. The quantitative estimate of drug-likeness (QED) is 0.672. The van der Waals surface area contributed by atoms with Gasteiger partial charge in [-0.1, -0.05) is 48.2 Å². The summed E-state index contributed by atoms with van der Waals surface area (Å²) in [5.41, 5.74) is 4.19. The van der Waals surface area contributed by atoms with E-state index in [1.54, 1.807) is 0 Å². The second-order valence-electron chi connectivity index (χ2n) is 4.64. The van der Waals surface area contributed by atoms with Crippen molar-refractivity contribution in [2.75, 3.05) is 0 Å². The van der Waals surface area contributed by atoms with E-state index in [4.69, 9.17) is 0 Å². The molecule has 0 N–H and O–H groups in total. The lowest BCUT2D eigenvalue weighted by atomic mass is 9.95. The lowest BCUT2D eigenvalue weighted by Crippen LogP contribution is -1.99. The maximum atomic E-state index is 3.96. The normalized spacial score (nSPS) is 18.2. The van der Waals surface area contributed by atoms with E-state index in [0.717, 1.165) is 6.42 Å². The van der Waals surface area contributed by atoms with Crippen molar-refractivity contribution < 1.29 is 0 Å². The number of allylic oxidation sites excluding steroid dienone is 4. The van der Waals surface area contributed by atoms with Crippen molar-refractivity contribution >= 4 is 11.8 Å². The number of hydrogen-bond acceptors (Lipinski definition) is 1. The highest BCUT2D eigenvalue weighted by Gasteiger charge is 2.16. The van der Waals surface area contributed by atoms with Crippen LogP contribution in [0.1, 0.15) is 31.7 Å². The Morgan fingerprint density at radius 3 is 2.50 bits per heavy atom. The summed E-state index contributed by atoms with van der Waals surface area (Å²) < 4.78 is 0. The van der Waals surface area contributed by atoms with Crippen LogP contribution in [0.25, 0.3) is 0 Å². The molecule has 0 unspecified atom stereocenters. The summed E-state index contributed by atoms with van der Waals surface area (Å²) in [6.07, 6.45) is 7.88. The first-order chi connectivity index (χ1) is 8.74. The number of aryl methyl sites for hydroxylation is 1. The van der Waals surface area contributed by atoms with Crippen molar-refractivity contribution in [1.29, 1.82) is 0 Å². The Bertz CT molecular complexity index is 489. The highest BCUT2D eigenvalue weighted by Crippen LogP contribution is 2.41. The topological polar surface area (TPSA) is 0 Å². The Balaban J connectivity index is 2.31. The van der Waals surface area contributed by atoms with Gasteiger partial charge in [0.05, 0.1) is 0 Å². The van der Waals surface area contributed by atoms with Gasteiger partial charge in [0, 0.05) is 9.80 Å². The number of benzene rings is 1. The smallest absolute Gasteiger partial charge is 0.0182 e. The minimum Gasteiger partial charge on any atom is -0.0988 e. The van der Waals surface area contributed by atoms with Gasteiger partial charge < -0.3 is 0 Å². The van der Waals surface area contributed by atoms with E-state index in [1.165, 1.54) is 39.4 Å². The van der Waals surface area contributed by atoms with Crippen molar-refractivity contribution in [3.8, 4) is 0 Å². The van der Waals surface area contributed by atoms with E-state index >= 15 is 0 Å². The highest BCUT2D eigenvalue weighted by atomic mass is 32.2. The minimum atomic E-state index is 1.16. The zero-order chi connectivity index (χ0) is 13.0. The highest BCUT2D eigenvalue weighted by molar-refractivity contribution is 8.03. The second-order valence-corrected chi connectivity index (χ2v) is 5.72. The molecule has 1 heteroatoms. The molecule has 0 heterocycles. The van der Waals surface area contributed by atoms with Crippen LogP contribution in [0.3, 0.4) is 0 Å². The Labute approximate surface area is 114 Å². The monoisotopic (exact) mass is 256 g/mol. The number of thioether (sulfide) groups is 1. The van der Waals surface area contributed by atoms with E-state index in [-0.39, 0.29) is 0 Å². The van der Waals surface area contributed by atoms with Crippen molar-refractivity contribution in [1.82, 2.24) is 0 Å². The third kappa shape index (κ3) is 2.97. The molecule has 94 valence electrons. The zero-order valence-electron chi connectivity index (χ0n) is 11.2. The Kier molecular flexibility index (Phi) is 4.48. The Morgan fingerprint density at radius 1 is 1.17 bits per heavy atom. The van der Waals surface area contributed by atoms with Crippen LogP contribution in [0.2, 0.25) is 0 Å². The van der Waals surface area contributed by atoms with Gasteiger partial charge in [-0.15, -0.1) is 0 Å². The van der Waals surface area contributed by atoms with Gasteiger partial charge in [-0.2, -0.15) is 0 Å². The molecule has 0 atom stereocenters. The maximum absolute atomic E-state index is 3.96. The summed E-state index contributed by atoms with van der Waals surface area (Å²) in [6.45, 7) is 8.22. The van der Waals surface area contributed by atoms with Crippen LogP contribution in [0, 0.1) is 6.92 Å². The molecule has 1 aliphatic carbocycles. The van der Waals surface area contributed by atoms with E-state index in [1.807, 2.05) is 17.8 Å². The summed E-state index contributed by atoms with van der Waals surface area (Å²) in [7, 11) is 0. The average molecular weight is 256 g/mol. The number of rotatable bonds is 3. The zero-order valence-corrected chi connectivity index (χ0v) is 12.0. The molecule has 0 amide bonds.